The van der Waals surface area contributed by atoms with Crippen molar-refractivity contribution in [3.8, 4) is 0 Å². The maximum absolute atomic E-state index is 12.9. The third kappa shape index (κ3) is 57.7. The predicted molar refractivity (Wildman–Crippen MR) is 311 cm³/mol. The highest BCUT2D eigenvalue weighted by molar-refractivity contribution is 5.71. The quantitative estimate of drug-likeness (QED) is 0.0261. The van der Waals surface area contributed by atoms with Crippen LogP contribution in [0.5, 0.6) is 0 Å². The van der Waals surface area contributed by atoms with E-state index >= 15 is 0 Å². The number of rotatable bonds is 56. The molecule has 0 aromatic rings. The van der Waals surface area contributed by atoms with Gasteiger partial charge in [0.1, 0.15) is 13.2 Å². The third-order valence-electron chi connectivity index (χ3n) is 13.4. The highest BCUT2D eigenvalue weighted by atomic mass is 16.6. The topological polar surface area (TPSA) is 78.9 Å². The number of ether oxygens (including phenoxy) is 3. The zero-order valence-electron chi connectivity index (χ0n) is 47.7. The Morgan fingerprint density at radius 2 is 0.500 bits per heavy atom. The summed E-state index contributed by atoms with van der Waals surface area (Å²) in [5, 5.41) is 0. The lowest BCUT2D eigenvalue weighted by Gasteiger charge is -2.18. The Labute approximate surface area is 446 Å². The average molecular weight is 1010 g/mol. The number of carbonyl (C=O) groups is 3. The predicted octanol–water partition coefficient (Wildman–Crippen LogP) is 20.9. The Morgan fingerprint density at radius 3 is 0.819 bits per heavy atom. The lowest BCUT2D eigenvalue weighted by Crippen LogP contribution is -2.30. The molecule has 0 amide bonds. The van der Waals surface area contributed by atoms with E-state index in [0.29, 0.717) is 19.3 Å². The lowest BCUT2D eigenvalue weighted by molar-refractivity contribution is -0.167. The second kappa shape index (κ2) is 60.4. The van der Waals surface area contributed by atoms with Gasteiger partial charge in [-0.25, -0.2) is 0 Å². The molecule has 1 atom stereocenters. The van der Waals surface area contributed by atoms with E-state index in [9.17, 15) is 14.4 Å². The fraction of sp³-hybridized carbons (Fsp3) is 0.773. The first-order valence-electron chi connectivity index (χ1n) is 30.9. The Morgan fingerprint density at radius 1 is 0.278 bits per heavy atom. The first-order valence-corrected chi connectivity index (χ1v) is 30.9. The van der Waals surface area contributed by atoms with Crippen molar-refractivity contribution in [3.63, 3.8) is 0 Å². The average Bonchev–Trinajstić information content (AvgIpc) is 3.38. The number of allylic oxidation sites excluding steroid dienone is 12. The van der Waals surface area contributed by atoms with Gasteiger partial charge in [0.2, 0.25) is 0 Å². The van der Waals surface area contributed by atoms with Gasteiger partial charge in [-0.2, -0.15) is 0 Å². The minimum absolute atomic E-state index is 0.0848. The highest BCUT2D eigenvalue weighted by Crippen LogP contribution is 2.15. The number of esters is 3. The monoisotopic (exact) mass is 1000 g/mol. The van der Waals surface area contributed by atoms with Gasteiger partial charge in [-0.05, 0) is 116 Å². The maximum Gasteiger partial charge on any atom is 0.306 e. The zero-order chi connectivity index (χ0) is 52.2. The van der Waals surface area contributed by atoms with Gasteiger partial charge in [-0.15, -0.1) is 0 Å². The molecule has 0 rings (SSSR count). The number of unbranched alkanes of at least 4 members (excludes halogenated alkanes) is 33. The summed E-state index contributed by atoms with van der Waals surface area (Å²) in [6.45, 7) is 6.60. The first-order chi connectivity index (χ1) is 35.5. The molecule has 0 bridgehead atoms. The highest BCUT2D eigenvalue weighted by Gasteiger charge is 2.19. The van der Waals surface area contributed by atoms with Crippen LogP contribution in [0.25, 0.3) is 0 Å². The fourth-order valence-electron chi connectivity index (χ4n) is 8.71. The molecule has 0 fully saturated rings. The summed E-state index contributed by atoms with van der Waals surface area (Å²) in [4.78, 5) is 38.3. The Kier molecular flexibility index (Phi) is 57.8. The summed E-state index contributed by atoms with van der Waals surface area (Å²) in [5.74, 6) is -0.899. The van der Waals surface area contributed by atoms with E-state index in [1.165, 1.54) is 173 Å². The van der Waals surface area contributed by atoms with Crippen LogP contribution >= 0.6 is 0 Å². The van der Waals surface area contributed by atoms with E-state index in [1.807, 2.05) is 0 Å². The van der Waals surface area contributed by atoms with Crippen LogP contribution in [-0.2, 0) is 28.6 Å². The molecular weight excluding hydrogens is 889 g/mol. The molecule has 0 heterocycles. The SMILES string of the molecule is CCCCC/C=C\C/C=C\C/C=C\CCCCCCCCC(=O)OC(COC(=O)CCCCCCC/C=C\CCCCCCC)COC(=O)CCCCCCCCCCC/C=C\C/C=C\CCCCCCC. The van der Waals surface area contributed by atoms with E-state index < -0.39 is 6.10 Å². The zero-order valence-corrected chi connectivity index (χ0v) is 47.7. The molecule has 1 unspecified atom stereocenters. The molecule has 0 aliphatic carbocycles. The Hall–Kier alpha value is -3.15. The van der Waals surface area contributed by atoms with Gasteiger partial charge in [0.25, 0.3) is 0 Å². The van der Waals surface area contributed by atoms with Crippen molar-refractivity contribution in [1.82, 2.24) is 0 Å². The van der Waals surface area contributed by atoms with Crippen molar-refractivity contribution >= 4 is 17.9 Å². The van der Waals surface area contributed by atoms with Crippen LogP contribution < -0.4 is 0 Å². The molecule has 72 heavy (non-hydrogen) atoms. The van der Waals surface area contributed by atoms with Gasteiger partial charge in [-0.3, -0.25) is 14.4 Å². The van der Waals surface area contributed by atoms with Gasteiger partial charge in [-0.1, -0.05) is 248 Å². The standard InChI is InChI=1S/C66H116O6/c1-4-7-10-13-16-19-22-25-28-30-32-33-35-36-38-41-44-47-50-53-56-59-65(68)71-62-63(61-70-64(67)58-55-52-49-46-43-40-27-24-21-18-15-12-9-6-3)72-66(69)60-57-54-51-48-45-42-39-37-34-31-29-26-23-20-17-14-11-8-5-2/h17,20,22,24-27,29-30,32,34,37,63H,4-16,18-19,21,23,28,31,33,35-36,38-62H2,1-3H3/b20-17-,25-22-,27-24-,29-26-,32-30-,37-34-. The molecule has 0 spiro atoms. The van der Waals surface area contributed by atoms with Crippen molar-refractivity contribution in [2.24, 2.45) is 0 Å². The molecule has 0 aromatic carbocycles. The number of carbonyl (C=O) groups excluding carboxylic acids is 3. The van der Waals surface area contributed by atoms with Crippen molar-refractivity contribution in [2.45, 2.75) is 316 Å². The molecule has 0 N–H and O–H groups in total. The van der Waals surface area contributed by atoms with Crippen molar-refractivity contribution in [1.29, 1.82) is 0 Å². The molecule has 0 saturated carbocycles. The van der Waals surface area contributed by atoms with Crippen LogP contribution in [0.2, 0.25) is 0 Å². The van der Waals surface area contributed by atoms with Crippen molar-refractivity contribution < 1.29 is 28.6 Å². The van der Waals surface area contributed by atoms with Gasteiger partial charge in [0, 0.05) is 19.3 Å². The van der Waals surface area contributed by atoms with E-state index in [-0.39, 0.29) is 31.1 Å². The van der Waals surface area contributed by atoms with Crippen molar-refractivity contribution in [3.05, 3.63) is 72.9 Å². The molecule has 0 aliphatic heterocycles. The minimum atomic E-state index is -0.789. The normalized spacial score (nSPS) is 12.5. The van der Waals surface area contributed by atoms with Crippen LogP contribution in [0.4, 0.5) is 0 Å². The molecule has 416 valence electrons. The number of hydrogen-bond donors (Lipinski definition) is 0. The van der Waals surface area contributed by atoms with Crippen LogP contribution in [0, 0.1) is 0 Å². The second-order valence-corrected chi connectivity index (χ2v) is 20.6. The molecule has 0 saturated heterocycles. The first kappa shape index (κ1) is 68.8. The van der Waals surface area contributed by atoms with Crippen molar-refractivity contribution in [2.75, 3.05) is 13.2 Å². The Bertz CT molecular complexity index is 1340. The van der Waals surface area contributed by atoms with E-state index in [2.05, 4.69) is 93.7 Å². The summed E-state index contributed by atoms with van der Waals surface area (Å²) >= 11 is 0. The van der Waals surface area contributed by atoms with E-state index in [1.54, 1.807) is 0 Å². The van der Waals surface area contributed by atoms with E-state index in [4.69, 9.17) is 14.2 Å². The summed E-state index contributed by atoms with van der Waals surface area (Å²) in [7, 11) is 0. The van der Waals surface area contributed by atoms with Crippen LogP contribution in [0.15, 0.2) is 72.9 Å². The summed E-state index contributed by atoms with van der Waals surface area (Å²) in [5.41, 5.74) is 0. The second-order valence-electron chi connectivity index (χ2n) is 20.6. The third-order valence-corrected chi connectivity index (χ3v) is 13.4. The van der Waals surface area contributed by atoms with Gasteiger partial charge in [0.05, 0.1) is 0 Å². The minimum Gasteiger partial charge on any atom is -0.462 e. The van der Waals surface area contributed by atoms with Gasteiger partial charge < -0.3 is 14.2 Å². The summed E-state index contributed by atoms with van der Waals surface area (Å²) < 4.78 is 16.9. The molecular formula is C66H116O6. The van der Waals surface area contributed by atoms with E-state index in [0.717, 1.165) is 96.3 Å². The van der Waals surface area contributed by atoms with Gasteiger partial charge in [0.15, 0.2) is 6.10 Å². The van der Waals surface area contributed by atoms with Crippen LogP contribution in [0.3, 0.4) is 0 Å². The summed E-state index contributed by atoms with van der Waals surface area (Å²) in [6, 6.07) is 0. The van der Waals surface area contributed by atoms with Gasteiger partial charge >= 0.3 is 17.9 Å². The number of hydrogen-bond acceptors (Lipinski definition) is 6. The largest absolute Gasteiger partial charge is 0.462 e. The molecule has 6 nitrogen and oxygen atoms in total. The smallest absolute Gasteiger partial charge is 0.306 e. The van der Waals surface area contributed by atoms with Crippen LogP contribution in [-0.4, -0.2) is 37.2 Å². The Balaban J connectivity index is 4.39. The maximum atomic E-state index is 12.9. The fourth-order valence-corrected chi connectivity index (χ4v) is 8.71. The van der Waals surface area contributed by atoms with Crippen LogP contribution in [0.1, 0.15) is 310 Å². The molecule has 0 aromatic heterocycles. The molecule has 0 aliphatic rings. The molecule has 0 radical (unpaired) electrons. The summed E-state index contributed by atoms with van der Waals surface area (Å²) in [6.07, 6.45) is 77.5. The lowest BCUT2D eigenvalue weighted by atomic mass is 10.1. The molecule has 6 heteroatoms.